The number of nitrogens with zero attached hydrogens (tertiary/aromatic N) is 5. The van der Waals surface area contributed by atoms with E-state index in [0.29, 0.717) is 12.1 Å². The van der Waals surface area contributed by atoms with Gasteiger partial charge in [0.15, 0.2) is 18.9 Å². The first-order chi connectivity index (χ1) is 26.9. The Balaban J connectivity index is 1.30. The maximum Gasteiger partial charge on any atom is 0.299 e. The molecule has 0 unspecified atom stereocenters. The third-order valence-corrected chi connectivity index (χ3v) is 10.2. The van der Waals surface area contributed by atoms with E-state index in [1.165, 1.54) is 4.90 Å². The number of ether oxygens (including phenoxy) is 4. The maximum atomic E-state index is 11.8. The van der Waals surface area contributed by atoms with Crippen LogP contribution in [0.15, 0.2) is 36.4 Å². The molecule has 4 fully saturated rings. The molecule has 0 amide bonds. The van der Waals surface area contributed by atoms with E-state index in [2.05, 4.69) is 10.6 Å². The number of hydrogen-bond donors (Lipinski definition) is 10. The van der Waals surface area contributed by atoms with E-state index in [1.54, 1.807) is 0 Å². The van der Waals surface area contributed by atoms with Crippen LogP contribution in [0.1, 0.15) is 0 Å². The molecule has 4 aliphatic heterocycles. The molecular weight excluding hydrogens is 778 g/mol. The van der Waals surface area contributed by atoms with Crippen molar-refractivity contribution in [1.29, 1.82) is 0 Å². The molecule has 2 bridgehead atoms. The van der Waals surface area contributed by atoms with Gasteiger partial charge in [0.2, 0.25) is 0 Å². The number of non-ortho nitro benzene ring substituents is 2. The van der Waals surface area contributed by atoms with Crippen molar-refractivity contribution in [2.45, 2.75) is 91.9 Å². The second-order valence-corrected chi connectivity index (χ2v) is 13.7. The molecule has 2 aromatic rings. The first-order valence-corrected chi connectivity index (χ1v) is 17.0. The lowest BCUT2D eigenvalue weighted by atomic mass is 9.90. The van der Waals surface area contributed by atoms with Gasteiger partial charge in [0.1, 0.15) is 66.3 Å². The number of aliphatic hydroxyl groups is 8. The Bertz CT molecular complexity index is 1730. The van der Waals surface area contributed by atoms with Crippen LogP contribution >= 0.6 is 0 Å². The molecular formula is C30H37N7O20. The number of hydrogen-bond acceptors (Lipinski definition) is 23. The Hall–Kier alpha value is -4.88. The predicted molar refractivity (Wildman–Crippen MR) is 182 cm³/mol. The molecule has 0 saturated carbocycles. The molecule has 0 aliphatic carbocycles. The summed E-state index contributed by atoms with van der Waals surface area (Å²) in [4.78, 5) is 43.5. The Labute approximate surface area is 317 Å². The first kappa shape index (κ1) is 41.7. The topological polar surface area (TPSA) is 399 Å². The van der Waals surface area contributed by atoms with Crippen LogP contribution in [-0.2, 0) is 18.9 Å². The highest BCUT2D eigenvalue weighted by Gasteiger charge is 2.55. The molecule has 4 heterocycles. The number of fused-ring (bicyclic) bond motifs is 2. The van der Waals surface area contributed by atoms with E-state index in [9.17, 15) is 81.3 Å². The monoisotopic (exact) mass is 815 g/mol. The molecule has 27 nitrogen and oxygen atoms in total. The van der Waals surface area contributed by atoms with Gasteiger partial charge in [-0.25, -0.2) is 0 Å². The van der Waals surface area contributed by atoms with Crippen LogP contribution in [0, 0.1) is 40.5 Å². The fourth-order valence-corrected chi connectivity index (χ4v) is 7.31. The molecule has 6 rings (SSSR count). The van der Waals surface area contributed by atoms with E-state index in [1.807, 2.05) is 0 Å². The third-order valence-electron chi connectivity index (χ3n) is 10.2. The second kappa shape index (κ2) is 16.5. The third kappa shape index (κ3) is 8.27. The SMILES string of the molecule is O=[N+]([O-])c1ccc(N[C@@H]2[C@@H](O)[C@H](O)O[C@H](CN(C[C@H]3O[C@H](O)[C@H](O)[C@@H](Nc4ccc([N+](=O)[O-])cc4[N+](=O)[O-])[C@@H]3O)[C@H]3[C@H](O)[C@@H]4OC[C@@H](O4)[C@H]3O)[C@H]2O)c([N+](=O)[O-])c1. The molecule has 312 valence electrons. The van der Waals surface area contributed by atoms with Crippen molar-refractivity contribution < 1.29 is 79.5 Å². The summed E-state index contributed by atoms with van der Waals surface area (Å²) >= 11 is 0. The number of rotatable bonds is 13. The maximum absolute atomic E-state index is 11.8. The standard InChI is InChI=1S/C30H37N7O20/c38-22-16(55-28(44)25(41)19(22)31-12-3-1-10(34(46)47)5-14(12)36(50)51)7-33(21-24(40)18-9-54-30(57-18)27(21)43)8-17-23(39)20(26(42)29(45)56-17)32-13-4-2-11(35(48)49)6-15(13)37(52)53/h1-6,16-32,38-45H,7-9H2/t16-,17-,18-,19+,20+,21-,22-,23-,24-,25-,26-,27+,28-,29+,30-/m1/s1. The van der Waals surface area contributed by atoms with Crippen LogP contribution in [0.5, 0.6) is 0 Å². The van der Waals surface area contributed by atoms with E-state index in [-0.39, 0.29) is 6.61 Å². The molecule has 27 heteroatoms. The first-order valence-electron chi connectivity index (χ1n) is 17.0. The Kier molecular flexibility index (Phi) is 12.1. The molecule has 4 saturated heterocycles. The highest BCUT2D eigenvalue weighted by atomic mass is 16.7. The van der Waals surface area contributed by atoms with Gasteiger partial charge in [0.25, 0.3) is 22.7 Å². The quantitative estimate of drug-likeness (QED) is 0.0696. The fourth-order valence-electron chi connectivity index (χ4n) is 7.31. The van der Waals surface area contributed by atoms with Gasteiger partial charge < -0.3 is 70.4 Å². The van der Waals surface area contributed by atoms with E-state index >= 15 is 0 Å². The van der Waals surface area contributed by atoms with Gasteiger partial charge in [-0.2, -0.15) is 0 Å². The lowest BCUT2D eigenvalue weighted by molar-refractivity contribution is -0.393. The largest absolute Gasteiger partial charge is 0.389 e. The summed E-state index contributed by atoms with van der Waals surface area (Å²) in [6, 6.07) is 0.203. The van der Waals surface area contributed by atoms with Crippen molar-refractivity contribution in [3.8, 4) is 0 Å². The number of nitro benzene ring substituents is 4. The van der Waals surface area contributed by atoms with Crippen molar-refractivity contribution in [2.24, 2.45) is 0 Å². The number of nitro groups is 4. The Morgan fingerprint density at radius 3 is 1.44 bits per heavy atom. The van der Waals surface area contributed by atoms with Crippen molar-refractivity contribution in [2.75, 3.05) is 30.3 Å². The normalized spacial score (nSPS) is 36.4. The van der Waals surface area contributed by atoms with Crippen molar-refractivity contribution >= 4 is 34.1 Å². The summed E-state index contributed by atoms with van der Waals surface area (Å²) < 4.78 is 21.9. The summed E-state index contributed by atoms with van der Waals surface area (Å²) in [7, 11) is 0. The summed E-state index contributed by atoms with van der Waals surface area (Å²) in [6.45, 7) is -1.42. The Morgan fingerprint density at radius 2 is 1.04 bits per heavy atom. The van der Waals surface area contributed by atoms with Crippen molar-refractivity contribution in [1.82, 2.24) is 4.90 Å². The summed E-state index contributed by atoms with van der Waals surface area (Å²) in [5.41, 5.74) is -3.74. The van der Waals surface area contributed by atoms with E-state index in [0.717, 1.165) is 24.3 Å². The van der Waals surface area contributed by atoms with Gasteiger partial charge in [0.05, 0.1) is 56.6 Å². The number of benzene rings is 2. The second-order valence-electron chi connectivity index (χ2n) is 13.7. The zero-order valence-corrected chi connectivity index (χ0v) is 29.0. The molecule has 0 aromatic heterocycles. The molecule has 57 heavy (non-hydrogen) atoms. The van der Waals surface area contributed by atoms with Crippen LogP contribution in [0.2, 0.25) is 0 Å². The average Bonchev–Trinajstić information content (AvgIpc) is 3.62. The van der Waals surface area contributed by atoms with Gasteiger partial charge >= 0.3 is 0 Å². The minimum absolute atomic E-state index is 0.172. The highest BCUT2D eigenvalue weighted by Crippen LogP contribution is 2.37. The fraction of sp³-hybridized carbons (Fsp3) is 0.600. The number of nitrogens with one attached hydrogen (secondary N) is 2. The predicted octanol–water partition coefficient (Wildman–Crippen LogP) is -3.39. The van der Waals surface area contributed by atoms with Crippen molar-refractivity contribution in [3.05, 3.63) is 76.9 Å². The Morgan fingerprint density at radius 1 is 0.596 bits per heavy atom. The summed E-state index contributed by atoms with van der Waals surface area (Å²) in [5.74, 6) is 0. The van der Waals surface area contributed by atoms with Crippen molar-refractivity contribution in [3.63, 3.8) is 0 Å². The van der Waals surface area contributed by atoms with Gasteiger partial charge in [-0.05, 0) is 12.1 Å². The number of anilines is 2. The van der Waals surface area contributed by atoms with Crippen LogP contribution in [0.4, 0.5) is 34.1 Å². The molecule has 0 spiro atoms. The molecule has 0 radical (unpaired) electrons. The van der Waals surface area contributed by atoms with Gasteiger partial charge in [-0.15, -0.1) is 0 Å². The molecule has 4 aliphatic rings. The van der Waals surface area contributed by atoms with Crippen LogP contribution in [0.3, 0.4) is 0 Å². The number of aliphatic hydroxyl groups excluding tert-OH is 8. The van der Waals surface area contributed by atoms with Gasteiger partial charge in [-0.1, -0.05) is 0 Å². The molecule has 15 atom stereocenters. The summed E-state index contributed by atoms with van der Waals surface area (Å²) in [6.07, 6.45) is -20.7. The molecule has 2 aromatic carbocycles. The lowest BCUT2D eigenvalue weighted by Gasteiger charge is -2.49. The zero-order chi connectivity index (χ0) is 41.6. The minimum Gasteiger partial charge on any atom is -0.389 e. The van der Waals surface area contributed by atoms with E-state index in [4.69, 9.17) is 18.9 Å². The average molecular weight is 816 g/mol. The smallest absolute Gasteiger partial charge is 0.299 e. The van der Waals surface area contributed by atoms with Crippen LogP contribution in [0.25, 0.3) is 0 Å². The van der Waals surface area contributed by atoms with Gasteiger partial charge in [0, 0.05) is 25.2 Å². The highest BCUT2D eigenvalue weighted by molar-refractivity contribution is 5.67. The lowest BCUT2D eigenvalue weighted by Crippen LogP contribution is -2.69. The van der Waals surface area contributed by atoms with Crippen LogP contribution in [-0.4, -0.2) is 177 Å². The zero-order valence-electron chi connectivity index (χ0n) is 29.0. The molecule has 10 N–H and O–H groups in total. The summed E-state index contributed by atoms with van der Waals surface area (Å²) in [5, 5.41) is 140. The van der Waals surface area contributed by atoms with Gasteiger partial charge in [-0.3, -0.25) is 45.4 Å². The minimum atomic E-state index is -2.10. The van der Waals surface area contributed by atoms with E-state index < -0.39 is 159 Å². The van der Waals surface area contributed by atoms with Crippen LogP contribution < -0.4 is 10.6 Å².